The third kappa shape index (κ3) is 3.48. The molecule has 1 saturated carbocycles. The van der Waals surface area contributed by atoms with Crippen LogP contribution < -0.4 is 10.6 Å². The van der Waals surface area contributed by atoms with Gasteiger partial charge in [0.05, 0.1) is 5.92 Å². The lowest BCUT2D eigenvalue weighted by Gasteiger charge is -2.25. The fraction of sp³-hybridized carbons (Fsp3) is 0.923. The molecule has 0 aromatic rings. The van der Waals surface area contributed by atoms with Crippen molar-refractivity contribution in [2.45, 2.75) is 51.5 Å². The summed E-state index contributed by atoms with van der Waals surface area (Å²) in [6.07, 6.45) is 7.20. The minimum absolute atomic E-state index is 0.210. The lowest BCUT2D eigenvalue weighted by Crippen LogP contribution is -2.44. The molecule has 92 valence electrons. The van der Waals surface area contributed by atoms with Crippen LogP contribution in [0.15, 0.2) is 0 Å². The van der Waals surface area contributed by atoms with E-state index in [1.165, 1.54) is 19.3 Å². The average molecular weight is 224 g/mol. The summed E-state index contributed by atoms with van der Waals surface area (Å²) in [6, 6.07) is 0.418. The molecular weight excluding hydrogens is 200 g/mol. The highest BCUT2D eigenvalue weighted by atomic mass is 16.2. The first-order valence-electron chi connectivity index (χ1n) is 6.80. The maximum Gasteiger partial charge on any atom is 0.224 e. The van der Waals surface area contributed by atoms with Crippen LogP contribution in [0.25, 0.3) is 0 Å². The van der Waals surface area contributed by atoms with Crippen molar-refractivity contribution in [3.05, 3.63) is 0 Å². The van der Waals surface area contributed by atoms with E-state index in [1.54, 1.807) is 0 Å². The first kappa shape index (κ1) is 11.9. The van der Waals surface area contributed by atoms with E-state index in [9.17, 15) is 4.79 Å². The van der Waals surface area contributed by atoms with Crippen molar-refractivity contribution in [1.82, 2.24) is 10.6 Å². The topological polar surface area (TPSA) is 41.1 Å². The number of carbonyl (C=O) groups excluding carboxylic acids is 1. The van der Waals surface area contributed by atoms with Gasteiger partial charge in [0.15, 0.2) is 0 Å². The molecule has 2 atom stereocenters. The highest BCUT2D eigenvalue weighted by molar-refractivity contribution is 5.79. The van der Waals surface area contributed by atoms with Gasteiger partial charge in [-0.2, -0.15) is 0 Å². The molecule has 1 unspecified atom stereocenters. The van der Waals surface area contributed by atoms with Gasteiger partial charge in [-0.3, -0.25) is 4.79 Å². The van der Waals surface area contributed by atoms with Crippen molar-refractivity contribution in [3.8, 4) is 0 Å². The molecule has 1 saturated heterocycles. The number of rotatable bonds is 5. The Balaban J connectivity index is 1.74. The summed E-state index contributed by atoms with van der Waals surface area (Å²) in [5.74, 6) is 1.39. The first-order chi connectivity index (χ1) is 7.79. The van der Waals surface area contributed by atoms with Gasteiger partial charge >= 0.3 is 0 Å². The van der Waals surface area contributed by atoms with Gasteiger partial charge in [0.2, 0.25) is 5.91 Å². The Morgan fingerprint density at radius 2 is 2.25 bits per heavy atom. The minimum Gasteiger partial charge on any atom is -0.353 e. The molecule has 0 spiro atoms. The van der Waals surface area contributed by atoms with Crippen LogP contribution in [0.2, 0.25) is 0 Å². The Hall–Kier alpha value is -0.570. The van der Waals surface area contributed by atoms with Gasteiger partial charge in [-0.25, -0.2) is 0 Å². The van der Waals surface area contributed by atoms with Gasteiger partial charge < -0.3 is 10.6 Å². The Kier molecular flexibility index (Phi) is 4.22. The lowest BCUT2D eigenvalue weighted by atomic mass is 9.97. The zero-order valence-electron chi connectivity index (χ0n) is 10.3. The van der Waals surface area contributed by atoms with Crippen molar-refractivity contribution >= 4 is 5.91 Å². The van der Waals surface area contributed by atoms with Crippen molar-refractivity contribution in [2.24, 2.45) is 11.8 Å². The summed E-state index contributed by atoms with van der Waals surface area (Å²) >= 11 is 0. The Bertz CT molecular complexity index is 232. The van der Waals surface area contributed by atoms with Gasteiger partial charge in [-0.05, 0) is 38.1 Å². The van der Waals surface area contributed by atoms with Crippen LogP contribution in [0, 0.1) is 11.8 Å². The standard InChI is InChI=1S/C13H24N2O/c1-2-12(8-10-5-6-10)15-13(16)11-4-3-7-14-9-11/h10-12,14H,2-9H2,1H3,(H,15,16)/t11-,12?/m1/s1. The van der Waals surface area contributed by atoms with Crippen LogP contribution >= 0.6 is 0 Å². The van der Waals surface area contributed by atoms with E-state index in [0.29, 0.717) is 6.04 Å². The second kappa shape index (κ2) is 5.67. The SMILES string of the molecule is CCC(CC1CC1)NC(=O)[C@@H]1CCCNC1. The van der Waals surface area contributed by atoms with E-state index < -0.39 is 0 Å². The molecule has 3 heteroatoms. The van der Waals surface area contributed by atoms with Crippen molar-refractivity contribution in [2.75, 3.05) is 13.1 Å². The molecule has 2 fully saturated rings. The molecular formula is C13H24N2O. The van der Waals surface area contributed by atoms with Gasteiger partial charge in [0.1, 0.15) is 0 Å². The molecule has 1 aliphatic carbocycles. The molecule has 2 N–H and O–H groups in total. The summed E-state index contributed by atoms with van der Waals surface area (Å²) in [5.41, 5.74) is 0. The number of nitrogens with one attached hydrogen (secondary N) is 2. The Morgan fingerprint density at radius 3 is 2.81 bits per heavy atom. The molecule has 0 bridgehead atoms. The van der Waals surface area contributed by atoms with Crippen LogP contribution in [-0.4, -0.2) is 25.0 Å². The maximum absolute atomic E-state index is 12.0. The monoisotopic (exact) mass is 224 g/mol. The summed E-state index contributed by atoms with van der Waals surface area (Å²) in [6.45, 7) is 4.11. The lowest BCUT2D eigenvalue weighted by molar-refractivity contribution is -0.126. The highest BCUT2D eigenvalue weighted by Crippen LogP contribution is 2.34. The van der Waals surface area contributed by atoms with Crippen molar-refractivity contribution < 1.29 is 4.79 Å². The largest absolute Gasteiger partial charge is 0.353 e. The smallest absolute Gasteiger partial charge is 0.224 e. The summed E-state index contributed by atoms with van der Waals surface area (Å²) in [5, 5.41) is 6.53. The van der Waals surface area contributed by atoms with E-state index >= 15 is 0 Å². The van der Waals surface area contributed by atoms with Crippen molar-refractivity contribution in [3.63, 3.8) is 0 Å². The average Bonchev–Trinajstić information content (AvgIpc) is 3.13. The molecule has 0 aromatic carbocycles. The van der Waals surface area contributed by atoms with Gasteiger partial charge in [0, 0.05) is 12.6 Å². The van der Waals surface area contributed by atoms with Crippen LogP contribution in [0.4, 0.5) is 0 Å². The Labute approximate surface area is 98.4 Å². The fourth-order valence-electron chi connectivity index (χ4n) is 2.48. The molecule has 1 amide bonds. The molecule has 2 rings (SSSR count). The highest BCUT2D eigenvalue weighted by Gasteiger charge is 2.27. The van der Waals surface area contributed by atoms with Crippen LogP contribution in [0.1, 0.15) is 45.4 Å². The summed E-state index contributed by atoms with van der Waals surface area (Å²) in [7, 11) is 0. The normalized spacial score (nSPS) is 27.4. The maximum atomic E-state index is 12.0. The molecule has 2 aliphatic rings. The molecule has 16 heavy (non-hydrogen) atoms. The molecule has 1 aliphatic heterocycles. The zero-order chi connectivity index (χ0) is 11.4. The predicted octanol–water partition coefficient (Wildman–Crippen LogP) is 1.68. The van der Waals surface area contributed by atoms with Gasteiger partial charge in [-0.15, -0.1) is 0 Å². The first-order valence-corrected chi connectivity index (χ1v) is 6.80. The summed E-state index contributed by atoms with van der Waals surface area (Å²) < 4.78 is 0. The quantitative estimate of drug-likeness (QED) is 0.746. The molecule has 0 aromatic heterocycles. The van der Waals surface area contributed by atoms with E-state index in [0.717, 1.165) is 38.3 Å². The predicted molar refractivity (Wildman–Crippen MR) is 65.2 cm³/mol. The number of carbonyl (C=O) groups is 1. The van der Waals surface area contributed by atoms with Crippen LogP contribution in [-0.2, 0) is 4.79 Å². The van der Waals surface area contributed by atoms with Crippen LogP contribution in [0.3, 0.4) is 0 Å². The van der Waals surface area contributed by atoms with E-state index in [2.05, 4.69) is 17.6 Å². The van der Waals surface area contributed by atoms with Gasteiger partial charge in [-0.1, -0.05) is 19.8 Å². The second-order valence-electron chi connectivity index (χ2n) is 5.34. The van der Waals surface area contributed by atoms with Crippen molar-refractivity contribution in [1.29, 1.82) is 0 Å². The number of amides is 1. The number of piperidine rings is 1. The molecule has 1 heterocycles. The minimum atomic E-state index is 0.210. The second-order valence-corrected chi connectivity index (χ2v) is 5.34. The Morgan fingerprint density at radius 1 is 1.44 bits per heavy atom. The summed E-state index contributed by atoms with van der Waals surface area (Å²) in [4.78, 5) is 12.0. The van der Waals surface area contributed by atoms with Gasteiger partial charge in [0.25, 0.3) is 0 Å². The zero-order valence-corrected chi connectivity index (χ0v) is 10.3. The molecule has 0 radical (unpaired) electrons. The number of hydrogen-bond acceptors (Lipinski definition) is 2. The number of hydrogen-bond donors (Lipinski definition) is 2. The van der Waals surface area contributed by atoms with E-state index in [-0.39, 0.29) is 11.8 Å². The van der Waals surface area contributed by atoms with E-state index in [4.69, 9.17) is 0 Å². The fourth-order valence-corrected chi connectivity index (χ4v) is 2.48. The third-order valence-corrected chi connectivity index (χ3v) is 3.82. The third-order valence-electron chi connectivity index (χ3n) is 3.82. The van der Waals surface area contributed by atoms with E-state index in [1.807, 2.05) is 0 Å². The van der Waals surface area contributed by atoms with Crippen LogP contribution in [0.5, 0.6) is 0 Å². The molecule has 3 nitrogen and oxygen atoms in total.